The highest BCUT2D eigenvalue weighted by Gasteiger charge is 2.30. The summed E-state index contributed by atoms with van der Waals surface area (Å²) in [5.74, 6) is 1.52. The van der Waals surface area contributed by atoms with E-state index in [0.717, 1.165) is 16.7 Å². The molecule has 0 unspecified atom stereocenters. The number of carbonyl (C=O) groups is 1. The average Bonchev–Trinajstić information content (AvgIpc) is 3.00. The van der Waals surface area contributed by atoms with E-state index in [9.17, 15) is 4.79 Å². The van der Waals surface area contributed by atoms with Crippen LogP contribution in [0.1, 0.15) is 43.7 Å². The molecule has 0 spiro atoms. The molecule has 1 heterocycles. The van der Waals surface area contributed by atoms with Gasteiger partial charge in [0.15, 0.2) is 5.76 Å². The van der Waals surface area contributed by atoms with Crippen LogP contribution < -0.4 is 9.47 Å². The van der Waals surface area contributed by atoms with Gasteiger partial charge in [-0.15, -0.1) is 0 Å². The average molecular weight is 384 g/mol. The molecule has 0 amide bonds. The van der Waals surface area contributed by atoms with Gasteiger partial charge in [0.25, 0.3) is 0 Å². The number of ether oxygens (including phenoxy) is 2. The molecule has 3 aromatic rings. The Balaban J connectivity index is 1.57. The maximum absolute atomic E-state index is 12.8. The van der Waals surface area contributed by atoms with Crippen LogP contribution in [0.25, 0.3) is 6.08 Å². The minimum atomic E-state index is -0.0841. The monoisotopic (exact) mass is 384 g/mol. The van der Waals surface area contributed by atoms with Crippen LogP contribution in [0.15, 0.2) is 60.4 Å². The molecular formula is C26H24O3. The van der Waals surface area contributed by atoms with Gasteiger partial charge in [-0.1, -0.05) is 53.6 Å². The fourth-order valence-corrected chi connectivity index (χ4v) is 3.49. The molecule has 0 aliphatic carbocycles. The quantitative estimate of drug-likeness (QED) is 0.509. The molecule has 0 N–H and O–H groups in total. The highest BCUT2D eigenvalue weighted by atomic mass is 16.5. The van der Waals surface area contributed by atoms with Gasteiger partial charge in [-0.25, -0.2) is 0 Å². The summed E-state index contributed by atoms with van der Waals surface area (Å²) in [4.78, 5) is 12.8. The lowest BCUT2D eigenvalue weighted by molar-refractivity contribution is 0.101. The summed E-state index contributed by atoms with van der Waals surface area (Å²) in [6.45, 7) is 8.58. The predicted molar refractivity (Wildman–Crippen MR) is 116 cm³/mol. The van der Waals surface area contributed by atoms with Gasteiger partial charge < -0.3 is 9.47 Å². The van der Waals surface area contributed by atoms with Crippen LogP contribution in [0, 0.1) is 27.7 Å². The third-order valence-electron chi connectivity index (χ3n) is 5.22. The van der Waals surface area contributed by atoms with Gasteiger partial charge in [-0.05, 0) is 62.1 Å². The first kappa shape index (κ1) is 19.0. The summed E-state index contributed by atoms with van der Waals surface area (Å²) in [6.07, 6.45) is 1.79. The summed E-state index contributed by atoms with van der Waals surface area (Å²) in [7, 11) is 0. The van der Waals surface area contributed by atoms with Crippen LogP contribution in [0.4, 0.5) is 0 Å². The van der Waals surface area contributed by atoms with E-state index in [1.165, 1.54) is 16.7 Å². The zero-order chi connectivity index (χ0) is 20.5. The predicted octanol–water partition coefficient (Wildman–Crippen LogP) is 6.12. The maximum atomic E-state index is 12.8. The molecular weight excluding hydrogens is 360 g/mol. The Kier molecular flexibility index (Phi) is 4.98. The van der Waals surface area contributed by atoms with Gasteiger partial charge in [0.1, 0.15) is 18.1 Å². The molecule has 3 aromatic carbocycles. The number of allylic oxidation sites excluding steroid dienone is 1. The van der Waals surface area contributed by atoms with E-state index in [4.69, 9.17) is 9.47 Å². The van der Waals surface area contributed by atoms with Crippen molar-refractivity contribution in [1.29, 1.82) is 0 Å². The lowest BCUT2D eigenvalue weighted by Crippen LogP contribution is -2.01. The summed E-state index contributed by atoms with van der Waals surface area (Å²) in [5, 5.41) is 0. The number of benzene rings is 3. The number of fused-ring (bicyclic) bond motifs is 1. The van der Waals surface area contributed by atoms with E-state index in [1.807, 2.05) is 44.2 Å². The molecule has 0 saturated carbocycles. The zero-order valence-corrected chi connectivity index (χ0v) is 17.2. The van der Waals surface area contributed by atoms with Crippen molar-refractivity contribution >= 4 is 11.9 Å². The van der Waals surface area contributed by atoms with Gasteiger partial charge >= 0.3 is 0 Å². The van der Waals surface area contributed by atoms with E-state index in [2.05, 4.69) is 32.0 Å². The first-order valence-corrected chi connectivity index (χ1v) is 9.75. The van der Waals surface area contributed by atoms with Crippen LogP contribution in [-0.2, 0) is 6.61 Å². The Morgan fingerprint density at radius 3 is 2.34 bits per heavy atom. The van der Waals surface area contributed by atoms with Crippen LogP contribution in [0.2, 0.25) is 0 Å². The summed E-state index contributed by atoms with van der Waals surface area (Å²) in [6, 6.07) is 18.0. The van der Waals surface area contributed by atoms with Crippen LogP contribution in [-0.4, -0.2) is 5.78 Å². The number of hydrogen-bond acceptors (Lipinski definition) is 3. The Hall–Kier alpha value is -3.33. The second kappa shape index (κ2) is 7.59. The molecule has 0 fully saturated rings. The molecule has 0 bridgehead atoms. The van der Waals surface area contributed by atoms with E-state index in [1.54, 1.807) is 12.1 Å². The molecule has 146 valence electrons. The lowest BCUT2D eigenvalue weighted by atomic mass is 10.0. The third kappa shape index (κ3) is 3.95. The first-order valence-electron chi connectivity index (χ1n) is 9.75. The van der Waals surface area contributed by atoms with Crippen LogP contribution in [0.5, 0.6) is 11.5 Å². The molecule has 1 aliphatic heterocycles. The molecule has 0 radical (unpaired) electrons. The minimum Gasteiger partial charge on any atom is -0.489 e. The molecule has 29 heavy (non-hydrogen) atoms. The normalized spacial score (nSPS) is 14.1. The zero-order valence-electron chi connectivity index (χ0n) is 17.2. The van der Waals surface area contributed by atoms with Crippen LogP contribution in [0.3, 0.4) is 0 Å². The van der Waals surface area contributed by atoms with E-state index in [-0.39, 0.29) is 5.78 Å². The Morgan fingerprint density at radius 2 is 1.59 bits per heavy atom. The lowest BCUT2D eigenvalue weighted by Gasteiger charge is -2.11. The van der Waals surface area contributed by atoms with Crippen molar-refractivity contribution in [2.24, 2.45) is 0 Å². The topological polar surface area (TPSA) is 35.5 Å². The van der Waals surface area contributed by atoms with Gasteiger partial charge in [-0.2, -0.15) is 0 Å². The summed E-state index contributed by atoms with van der Waals surface area (Å²) >= 11 is 0. The van der Waals surface area contributed by atoms with E-state index in [0.29, 0.717) is 29.4 Å². The summed E-state index contributed by atoms with van der Waals surface area (Å²) < 4.78 is 11.9. The maximum Gasteiger partial charge on any atom is 0.232 e. The number of aryl methyl sites for hydroxylation is 4. The highest BCUT2D eigenvalue weighted by Crippen LogP contribution is 2.37. The third-order valence-corrected chi connectivity index (χ3v) is 5.22. The SMILES string of the molecule is Cc1ccc(/C=C2\Oc3cc(OCc4cc(C)ccc4C)cc(C)c3C2=O)cc1. The number of ketones is 1. The number of carbonyl (C=O) groups excluding carboxylic acids is 1. The molecule has 1 aliphatic rings. The fourth-order valence-electron chi connectivity index (χ4n) is 3.49. The first-order chi connectivity index (χ1) is 13.9. The molecule has 4 rings (SSSR count). The highest BCUT2D eigenvalue weighted by molar-refractivity contribution is 6.15. The summed E-state index contributed by atoms with van der Waals surface area (Å²) in [5.41, 5.74) is 7.15. The number of hydrogen-bond donors (Lipinski definition) is 0. The molecule has 3 heteroatoms. The van der Waals surface area contributed by atoms with Crippen molar-refractivity contribution in [3.63, 3.8) is 0 Å². The second-order valence-electron chi connectivity index (χ2n) is 7.68. The minimum absolute atomic E-state index is 0.0841. The van der Waals surface area contributed by atoms with Crippen molar-refractivity contribution in [2.45, 2.75) is 34.3 Å². The number of rotatable bonds is 4. The van der Waals surface area contributed by atoms with E-state index < -0.39 is 0 Å². The fraction of sp³-hybridized carbons (Fsp3) is 0.192. The van der Waals surface area contributed by atoms with Crippen molar-refractivity contribution in [3.05, 3.63) is 99.3 Å². The van der Waals surface area contributed by atoms with Crippen molar-refractivity contribution < 1.29 is 14.3 Å². The van der Waals surface area contributed by atoms with Gasteiger partial charge in [0.05, 0.1) is 5.56 Å². The Morgan fingerprint density at radius 1 is 0.862 bits per heavy atom. The number of Topliss-reactive ketones (excluding diaryl/α,β-unsaturated/α-hetero) is 1. The second-order valence-corrected chi connectivity index (χ2v) is 7.68. The Bertz CT molecular complexity index is 1120. The van der Waals surface area contributed by atoms with Gasteiger partial charge in [0, 0.05) is 6.07 Å². The van der Waals surface area contributed by atoms with Crippen molar-refractivity contribution in [1.82, 2.24) is 0 Å². The molecule has 0 saturated heterocycles. The smallest absolute Gasteiger partial charge is 0.232 e. The van der Waals surface area contributed by atoms with Crippen LogP contribution >= 0.6 is 0 Å². The largest absolute Gasteiger partial charge is 0.489 e. The van der Waals surface area contributed by atoms with E-state index >= 15 is 0 Å². The Labute approximate surface area is 171 Å². The molecule has 0 aromatic heterocycles. The van der Waals surface area contributed by atoms with Gasteiger partial charge in [0.2, 0.25) is 5.78 Å². The van der Waals surface area contributed by atoms with Gasteiger partial charge in [-0.3, -0.25) is 4.79 Å². The van der Waals surface area contributed by atoms with Crippen molar-refractivity contribution in [3.8, 4) is 11.5 Å². The standard InChI is InChI=1S/C26H24O3/c1-16-6-9-20(10-7-16)13-24-26(27)25-19(4)12-22(14-23(25)29-24)28-15-21-11-17(2)5-8-18(21)3/h5-14H,15H2,1-4H3/b24-13-. The molecule has 0 atom stereocenters. The molecule has 3 nitrogen and oxygen atoms in total. The van der Waals surface area contributed by atoms with Crippen molar-refractivity contribution in [2.75, 3.05) is 0 Å².